The molecule has 1 unspecified atom stereocenters. The van der Waals surface area contributed by atoms with Gasteiger partial charge in [0.15, 0.2) is 11.6 Å². The van der Waals surface area contributed by atoms with E-state index in [0.29, 0.717) is 5.69 Å². The molecule has 1 rings (SSSR count). The van der Waals surface area contributed by atoms with Gasteiger partial charge in [0.1, 0.15) is 0 Å². The number of allylic oxidation sites excluding steroid dienone is 1. The van der Waals surface area contributed by atoms with Crippen LogP contribution >= 0.6 is 0 Å². The predicted molar refractivity (Wildman–Crippen MR) is 60.6 cm³/mol. The van der Waals surface area contributed by atoms with Crippen molar-refractivity contribution in [2.24, 2.45) is 0 Å². The highest BCUT2D eigenvalue weighted by molar-refractivity contribution is 5.47. The summed E-state index contributed by atoms with van der Waals surface area (Å²) < 4.78 is 13.0. The van der Waals surface area contributed by atoms with Crippen molar-refractivity contribution in [3.8, 4) is 5.75 Å². The van der Waals surface area contributed by atoms with Crippen molar-refractivity contribution >= 4 is 5.69 Å². The van der Waals surface area contributed by atoms with Crippen LogP contribution in [0.5, 0.6) is 5.75 Å². The first kappa shape index (κ1) is 11.6. The molecular weight excluding hydrogens is 193 g/mol. The maximum Gasteiger partial charge on any atom is 0.166 e. The number of aromatic hydroxyl groups is 1. The van der Waals surface area contributed by atoms with E-state index >= 15 is 0 Å². The second-order valence-electron chi connectivity index (χ2n) is 3.58. The van der Waals surface area contributed by atoms with Crippen molar-refractivity contribution in [1.29, 1.82) is 0 Å². The molecule has 3 heteroatoms. The highest BCUT2D eigenvalue weighted by atomic mass is 19.1. The quantitative estimate of drug-likeness (QED) is 0.576. The van der Waals surface area contributed by atoms with Gasteiger partial charge in [-0.25, -0.2) is 4.39 Å². The molecule has 0 fully saturated rings. The van der Waals surface area contributed by atoms with E-state index in [0.717, 1.165) is 12.8 Å². The zero-order valence-electron chi connectivity index (χ0n) is 8.83. The lowest BCUT2D eigenvalue weighted by atomic mass is 10.1. The minimum Gasteiger partial charge on any atom is -0.505 e. The molecule has 0 heterocycles. The monoisotopic (exact) mass is 209 g/mol. The number of hydrogen-bond donors (Lipinski definition) is 2. The van der Waals surface area contributed by atoms with Crippen molar-refractivity contribution < 1.29 is 9.50 Å². The molecule has 0 saturated heterocycles. The van der Waals surface area contributed by atoms with E-state index in [-0.39, 0.29) is 11.8 Å². The van der Waals surface area contributed by atoms with Gasteiger partial charge in [-0.15, -0.1) is 6.58 Å². The highest BCUT2D eigenvalue weighted by Crippen LogP contribution is 2.20. The maximum atomic E-state index is 13.0. The van der Waals surface area contributed by atoms with E-state index in [2.05, 4.69) is 11.9 Å². The van der Waals surface area contributed by atoms with Crippen molar-refractivity contribution in [3.05, 3.63) is 36.7 Å². The molecule has 0 saturated carbocycles. The van der Waals surface area contributed by atoms with Crippen LogP contribution in [0.25, 0.3) is 0 Å². The second kappa shape index (κ2) is 5.39. The summed E-state index contributed by atoms with van der Waals surface area (Å²) in [4.78, 5) is 0. The second-order valence-corrected chi connectivity index (χ2v) is 3.58. The molecule has 0 radical (unpaired) electrons. The molecule has 2 nitrogen and oxygen atoms in total. The number of phenolic OH excluding ortho intramolecular Hbond substituents is 1. The fourth-order valence-corrected chi connectivity index (χ4v) is 1.32. The average Bonchev–Trinajstić information content (AvgIpc) is 2.20. The van der Waals surface area contributed by atoms with Gasteiger partial charge in [-0.1, -0.05) is 6.08 Å². The van der Waals surface area contributed by atoms with E-state index in [4.69, 9.17) is 5.11 Å². The van der Waals surface area contributed by atoms with Crippen molar-refractivity contribution in [3.63, 3.8) is 0 Å². The number of halogens is 1. The fraction of sp³-hybridized carbons (Fsp3) is 0.333. The number of nitrogens with one attached hydrogen (secondary N) is 1. The van der Waals surface area contributed by atoms with Gasteiger partial charge in [0.2, 0.25) is 0 Å². The Morgan fingerprint density at radius 3 is 2.93 bits per heavy atom. The van der Waals surface area contributed by atoms with Crippen LogP contribution in [-0.4, -0.2) is 11.1 Å². The Bertz CT molecular complexity index is 338. The fourth-order valence-electron chi connectivity index (χ4n) is 1.32. The van der Waals surface area contributed by atoms with E-state index in [1.807, 2.05) is 13.0 Å². The lowest BCUT2D eigenvalue weighted by molar-refractivity contribution is 0.432. The van der Waals surface area contributed by atoms with Crippen LogP contribution in [0.3, 0.4) is 0 Å². The zero-order valence-corrected chi connectivity index (χ0v) is 8.83. The molecule has 1 aromatic rings. The normalized spacial score (nSPS) is 12.1. The number of anilines is 1. The average molecular weight is 209 g/mol. The Hall–Kier alpha value is -1.51. The molecule has 0 spiro atoms. The third kappa shape index (κ3) is 3.62. The topological polar surface area (TPSA) is 32.3 Å². The van der Waals surface area contributed by atoms with Crippen LogP contribution in [-0.2, 0) is 0 Å². The number of hydrogen-bond acceptors (Lipinski definition) is 2. The van der Waals surface area contributed by atoms with Gasteiger partial charge in [0.25, 0.3) is 0 Å². The van der Waals surface area contributed by atoms with Gasteiger partial charge >= 0.3 is 0 Å². The van der Waals surface area contributed by atoms with Gasteiger partial charge in [0, 0.05) is 17.8 Å². The van der Waals surface area contributed by atoms with Crippen LogP contribution in [0, 0.1) is 5.82 Å². The summed E-state index contributed by atoms with van der Waals surface area (Å²) in [7, 11) is 0. The zero-order chi connectivity index (χ0) is 11.3. The molecule has 1 aromatic carbocycles. The van der Waals surface area contributed by atoms with Crippen molar-refractivity contribution in [2.75, 3.05) is 5.32 Å². The first-order valence-electron chi connectivity index (χ1n) is 4.99. The van der Waals surface area contributed by atoms with Gasteiger partial charge in [0.05, 0.1) is 0 Å². The van der Waals surface area contributed by atoms with E-state index in [1.165, 1.54) is 12.1 Å². The van der Waals surface area contributed by atoms with Gasteiger partial charge < -0.3 is 10.4 Å². The molecule has 0 aliphatic rings. The summed E-state index contributed by atoms with van der Waals surface area (Å²) in [6, 6.07) is 4.55. The van der Waals surface area contributed by atoms with E-state index < -0.39 is 5.82 Å². The Balaban J connectivity index is 2.56. The lowest BCUT2D eigenvalue weighted by Gasteiger charge is -2.14. The number of rotatable bonds is 5. The van der Waals surface area contributed by atoms with E-state index in [1.54, 1.807) is 6.07 Å². The largest absolute Gasteiger partial charge is 0.505 e. The summed E-state index contributed by atoms with van der Waals surface area (Å²) in [5.74, 6) is -0.921. The molecule has 15 heavy (non-hydrogen) atoms. The third-order valence-corrected chi connectivity index (χ3v) is 2.16. The standard InChI is InChI=1S/C12H16FNO/c1-3-4-5-9(2)14-10-6-7-12(15)11(13)8-10/h3,6-9,14-15H,1,4-5H2,2H3. The first-order valence-corrected chi connectivity index (χ1v) is 4.99. The Labute approximate surface area is 89.4 Å². The van der Waals surface area contributed by atoms with E-state index in [9.17, 15) is 4.39 Å². The molecular formula is C12H16FNO. The Morgan fingerprint density at radius 1 is 1.60 bits per heavy atom. The molecule has 0 amide bonds. The SMILES string of the molecule is C=CCCC(C)Nc1ccc(O)c(F)c1. The van der Waals surface area contributed by atoms with Crippen LogP contribution < -0.4 is 5.32 Å². The Morgan fingerprint density at radius 2 is 2.33 bits per heavy atom. The molecule has 82 valence electrons. The smallest absolute Gasteiger partial charge is 0.166 e. The number of phenols is 1. The summed E-state index contributed by atoms with van der Waals surface area (Å²) in [6.07, 6.45) is 3.73. The van der Waals surface area contributed by atoms with Crippen molar-refractivity contribution in [2.45, 2.75) is 25.8 Å². The third-order valence-electron chi connectivity index (χ3n) is 2.16. The molecule has 0 bridgehead atoms. The maximum absolute atomic E-state index is 13.0. The first-order chi connectivity index (χ1) is 7.13. The van der Waals surface area contributed by atoms with Crippen molar-refractivity contribution in [1.82, 2.24) is 0 Å². The molecule has 1 atom stereocenters. The summed E-state index contributed by atoms with van der Waals surface area (Å²) in [6.45, 7) is 5.67. The molecule has 0 aliphatic heterocycles. The van der Waals surface area contributed by atoms with Crippen LogP contribution in [0.2, 0.25) is 0 Å². The molecule has 0 aliphatic carbocycles. The summed E-state index contributed by atoms with van der Waals surface area (Å²) in [5, 5.41) is 12.1. The number of benzene rings is 1. The Kier molecular flexibility index (Phi) is 4.16. The van der Waals surface area contributed by atoms with Gasteiger partial charge in [-0.3, -0.25) is 0 Å². The molecule has 2 N–H and O–H groups in total. The van der Waals surface area contributed by atoms with Crippen LogP contribution in [0.4, 0.5) is 10.1 Å². The summed E-state index contributed by atoms with van der Waals surface area (Å²) in [5.41, 5.74) is 0.682. The highest BCUT2D eigenvalue weighted by Gasteiger charge is 2.04. The summed E-state index contributed by atoms with van der Waals surface area (Å²) >= 11 is 0. The minimum atomic E-state index is -0.601. The van der Waals surface area contributed by atoms with Gasteiger partial charge in [-0.2, -0.15) is 0 Å². The van der Waals surface area contributed by atoms with Crippen LogP contribution in [0.1, 0.15) is 19.8 Å². The van der Waals surface area contributed by atoms with Gasteiger partial charge in [-0.05, 0) is 31.9 Å². The van der Waals surface area contributed by atoms with Crippen LogP contribution in [0.15, 0.2) is 30.9 Å². The minimum absolute atomic E-state index is 0.256. The lowest BCUT2D eigenvalue weighted by Crippen LogP contribution is -2.14. The predicted octanol–water partition coefficient (Wildman–Crippen LogP) is 3.30. The molecule has 0 aromatic heterocycles.